The third kappa shape index (κ3) is 12.6. The Morgan fingerprint density at radius 2 is 1.50 bits per heavy atom. The van der Waals surface area contributed by atoms with E-state index in [1.54, 1.807) is 11.3 Å². The quantitative estimate of drug-likeness (QED) is 0.118. The summed E-state index contributed by atoms with van der Waals surface area (Å²) in [6.07, 6.45) is 18.1. The fraction of sp³-hybridized carbons (Fsp3) is 0.556. The average Bonchev–Trinajstić information content (AvgIpc) is 3.36. The monoisotopic (exact) mass is 656 g/mol. The van der Waals surface area contributed by atoms with Gasteiger partial charge in [0.2, 0.25) is 5.51 Å². The van der Waals surface area contributed by atoms with Gasteiger partial charge in [0.05, 0.1) is 17.2 Å². The number of anilines is 1. The largest absolute Gasteiger partial charge is 1.00 e. The number of unbranched alkanes of at least 4 members (excludes halogenated alkanes) is 11. The molecule has 1 N–H and O–H groups in total. The number of amides is 1. The molecule has 0 spiro atoms. The Morgan fingerprint density at radius 1 is 0.881 bits per heavy atom. The predicted molar refractivity (Wildman–Crippen MR) is 174 cm³/mol. The summed E-state index contributed by atoms with van der Waals surface area (Å²) in [4.78, 5) is 14.6. The molecule has 1 aromatic heterocycles. The average molecular weight is 658 g/mol. The van der Waals surface area contributed by atoms with Crippen LogP contribution in [0, 0.1) is 6.92 Å². The maximum Gasteiger partial charge on any atom is 0.255 e. The van der Waals surface area contributed by atoms with Crippen LogP contribution in [0.4, 0.5) is 5.69 Å². The minimum absolute atomic E-state index is 0. The van der Waals surface area contributed by atoms with Gasteiger partial charge in [0, 0.05) is 16.7 Å². The number of aryl methyl sites for hydroxylation is 1. The molecule has 0 aliphatic rings. The molecule has 0 bridgehead atoms. The number of ether oxygens (including phenoxy) is 1. The Labute approximate surface area is 270 Å². The van der Waals surface area contributed by atoms with Gasteiger partial charge in [-0.25, -0.2) is 0 Å². The lowest BCUT2D eigenvalue weighted by molar-refractivity contribution is -0.683. The number of carbonyl (C=O) groups excluding carboxylic acids is 1. The number of nitrogens with zero attached hydrogens (tertiary/aromatic N) is 1. The van der Waals surface area contributed by atoms with Crippen molar-refractivity contribution in [3.8, 4) is 5.75 Å². The summed E-state index contributed by atoms with van der Waals surface area (Å²) < 4.78 is 8.42. The lowest BCUT2D eigenvalue weighted by Crippen LogP contribution is -3.00. The van der Waals surface area contributed by atoms with E-state index in [0.717, 1.165) is 42.1 Å². The topological polar surface area (TPSA) is 42.2 Å². The molecule has 0 aliphatic heterocycles. The van der Waals surface area contributed by atoms with E-state index >= 15 is 0 Å². The van der Waals surface area contributed by atoms with Gasteiger partial charge in [-0.15, -0.1) is 0 Å². The van der Waals surface area contributed by atoms with E-state index in [1.807, 2.05) is 36.4 Å². The van der Waals surface area contributed by atoms with Crippen LogP contribution in [0.1, 0.15) is 131 Å². The molecule has 232 valence electrons. The SMILES string of the molecule is CCCCCCCCCCCCCCOc1ccc(C(=O)Nc2ccccc2C[n+]2csc(C)c2)cc1C(C)(C)C.[Br-]. The molecule has 6 heteroatoms. The van der Waals surface area contributed by atoms with E-state index in [4.69, 9.17) is 4.74 Å². The minimum Gasteiger partial charge on any atom is -1.00 e. The highest BCUT2D eigenvalue weighted by molar-refractivity contribution is 7.09. The van der Waals surface area contributed by atoms with Gasteiger partial charge in [-0.05, 0) is 43.0 Å². The first-order chi connectivity index (χ1) is 19.8. The van der Waals surface area contributed by atoms with Gasteiger partial charge < -0.3 is 27.0 Å². The van der Waals surface area contributed by atoms with Crippen LogP contribution in [-0.2, 0) is 12.0 Å². The van der Waals surface area contributed by atoms with Crippen molar-refractivity contribution in [1.82, 2.24) is 0 Å². The smallest absolute Gasteiger partial charge is 0.255 e. The summed E-state index contributed by atoms with van der Waals surface area (Å²) in [5, 5.41) is 3.16. The van der Waals surface area contributed by atoms with Crippen LogP contribution in [0.3, 0.4) is 0 Å². The third-order valence-corrected chi connectivity index (χ3v) is 8.50. The molecule has 1 amide bonds. The van der Waals surface area contributed by atoms with Gasteiger partial charge >= 0.3 is 0 Å². The molecule has 0 atom stereocenters. The number of benzene rings is 2. The van der Waals surface area contributed by atoms with E-state index in [9.17, 15) is 4.79 Å². The van der Waals surface area contributed by atoms with Crippen LogP contribution in [0.25, 0.3) is 0 Å². The highest BCUT2D eigenvalue weighted by Crippen LogP contribution is 2.33. The van der Waals surface area contributed by atoms with E-state index in [1.165, 1.54) is 75.5 Å². The first-order valence-electron chi connectivity index (χ1n) is 15.9. The van der Waals surface area contributed by atoms with Crippen molar-refractivity contribution in [2.24, 2.45) is 0 Å². The molecule has 0 fully saturated rings. The van der Waals surface area contributed by atoms with Gasteiger partial charge in [-0.1, -0.05) is 128 Å². The molecule has 3 rings (SSSR count). The Hall–Kier alpha value is -2.18. The van der Waals surface area contributed by atoms with Crippen molar-refractivity contribution in [1.29, 1.82) is 0 Å². The van der Waals surface area contributed by atoms with Gasteiger partial charge in [0.15, 0.2) is 12.7 Å². The Kier molecular flexibility index (Phi) is 16.4. The lowest BCUT2D eigenvalue weighted by Gasteiger charge is -2.24. The third-order valence-electron chi connectivity index (χ3n) is 7.65. The zero-order valence-corrected chi connectivity index (χ0v) is 29.0. The van der Waals surface area contributed by atoms with Gasteiger partial charge in [-0.2, -0.15) is 4.57 Å². The zero-order valence-electron chi connectivity index (χ0n) is 26.6. The molecule has 0 aliphatic carbocycles. The number of aromatic nitrogens is 1. The summed E-state index contributed by atoms with van der Waals surface area (Å²) in [6.45, 7) is 12.4. The molecule has 0 radical (unpaired) electrons. The number of carbonyl (C=O) groups is 1. The molecule has 0 saturated carbocycles. The fourth-order valence-corrected chi connectivity index (χ4v) is 5.84. The fourth-order valence-electron chi connectivity index (χ4n) is 5.21. The van der Waals surface area contributed by atoms with Crippen molar-refractivity contribution >= 4 is 22.9 Å². The van der Waals surface area contributed by atoms with E-state index < -0.39 is 0 Å². The summed E-state index contributed by atoms with van der Waals surface area (Å²) in [6, 6.07) is 13.9. The highest BCUT2D eigenvalue weighted by Gasteiger charge is 2.22. The summed E-state index contributed by atoms with van der Waals surface area (Å²) >= 11 is 1.72. The lowest BCUT2D eigenvalue weighted by atomic mass is 9.85. The first-order valence-corrected chi connectivity index (χ1v) is 16.8. The van der Waals surface area contributed by atoms with Crippen LogP contribution in [-0.4, -0.2) is 12.5 Å². The molecule has 0 saturated heterocycles. The van der Waals surface area contributed by atoms with Crippen molar-refractivity contribution in [2.45, 2.75) is 124 Å². The molecule has 42 heavy (non-hydrogen) atoms. The number of halogens is 1. The number of hydrogen-bond donors (Lipinski definition) is 1. The van der Waals surface area contributed by atoms with Crippen LogP contribution < -0.4 is 31.6 Å². The van der Waals surface area contributed by atoms with Crippen LogP contribution in [0.15, 0.2) is 54.2 Å². The second kappa shape index (κ2) is 19.2. The number of rotatable bonds is 18. The van der Waals surface area contributed by atoms with E-state index in [0.29, 0.717) is 5.56 Å². The van der Waals surface area contributed by atoms with Crippen LogP contribution >= 0.6 is 11.3 Å². The molecular formula is C36H53BrN2O2S. The summed E-state index contributed by atoms with van der Waals surface area (Å²) in [5.41, 5.74) is 5.64. The van der Waals surface area contributed by atoms with Crippen molar-refractivity contribution in [3.05, 3.63) is 75.7 Å². The van der Waals surface area contributed by atoms with Crippen molar-refractivity contribution in [2.75, 3.05) is 11.9 Å². The number of nitrogens with one attached hydrogen (secondary N) is 1. The minimum atomic E-state index is -0.131. The number of thiazole rings is 1. The van der Waals surface area contributed by atoms with Crippen LogP contribution in [0.2, 0.25) is 0 Å². The standard InChI is InChI=1S/C36H52N2O2S.BrH/c1-6-7-8-9-10-11-12-13-14-15-16-19-24-40-34-23-22-30(25-32(34)36(3,4)5)35(39)37-33-21-18-17-20-31(33)27-38-26-29(2)41-28-38;/h17-18,20-23,25-26,28H,6-16,19,24,27H2,1-5H3;1H. The maximum atomic E-state index is 13.3. The second-order valence-electron chi connectivity index (χ2n) is 12.4. The molecule has 0 unspecified atom stereocenters. The normalized spacial score (nSPS) is 11.3. The molecule has 1 heterocycles. The molecular weight excluding hydrogens is 604 g/mol. The van der Waals surface area contributed by atoms with Gasteiger partial charge in [-0.3, -0.25) is 4.79 Å². The summed E-state index contributed by atoms with van der Waals surface area (Å²) in [7, 11) is 0. The summed E-state index contributed by atoms with van der Waals surface area (Å²) in [5.74, 6) is 0.795. The Morgan fingerprint density at radius 3 is 2.10 bits per heavy atom. The molecule has 4 nitrogen and oxygen atoms in total. The van der Waals surface area contributed by atoms with Crippen molar-refractivity contribution in [3.63, 3.8) is 0 Å². The maximum absolute atomic E-state index is 13.3. The zero-order chi connectivity index (χ0) is 29.5. The van der Waals surface area contributed by atoms with Crippen LogP contribution in [0.5, 0.6) is 5.75 Å². The molecule has 2 aromatic carbocycles. The van der Waals surface area contributed by atoms with Gasteiger partial charge in [0.25, 0.3) is 5.91 Å². The Balaban J connectivity index is 0.00000616. The highest BCUT2D eigenvalue weighted by atomic mass is 79.9. The number of para-hydroxylation sites is 1. The van der Waals surface area contributed by atoms with Crippen molar-refractivity contribution < 1.29 is 31.1 Å². The van der Waals surface area contributed by atoms with E-state index in [2.05, 4.69) is 62.3 Å². The number of hydrogen-bond acceptors (Lipinski definition) is 3. The Bertz CT molecular complexity index is 1200. The molecule has 3 aromatic rings. The second-order valence-corrected chi connectivity index (χ2v) is 13.5. The first kappa shape index (κ1) is 36.0. The van der Waals surface area contributed by atoms with E-state index in [-0.39, 0.29) is 28.3 Å². The van der Waals surface area contributed by atoms with Gasteiger partial charge in [0.1, 0.15) is 5.75 Å². The predicted octanol–water partition coefficient (Wildman–Crippen LogP) is 7.03.